The van der Waals surface area contributed by atoms with E-state index in [4.69, 9.17) is 4.74 Å². The molecule has 88 valence electrons. The minimum Gasteiger partial charge on any atom is -0.373 e. The molecule has 0 aliphatic carbocycles. The third-order valence-electron chi connectivity index (χ3n) is 3.58. The Hall–Kier alpha value is -0.950. The Balaban J connectivity index is 2.05. The van der Waals surface area contributed by atoms with Crippen molar-refractivity contribution in [3.63, 3.8) is 0 Å². The lowest BCUT2D eigenvalue weighted by molar-refractivity contribution is -0.136. The van der Waals surface area contributed by atoms with Crippen molar-refractivity contribution in [2.75, 3.05) is 6.26 Å². The van der Waals surface area contributed by atoms with Gasteiger partial charge in [0, 0.05) is 0 Å². The quantitative estimate of drug-likeness (QED) is 0.560. The topological polar surface area (TPSA) is 80.8 Å². The van der Waals surface area contributed by atoms with Crippen LogP contribution in [0.25, 0.3) is 0 Å². The number of fused-ring (bicyclic) bond motifs is 5. The number of ether oxygens (including phenoxy) is 1. The molecule has 0 spiro atoms. The molecule has 16 heavy (non-hydrogen) atoms. The highest BCUT2D eigenvalue weighted by molar-refractivity contribution is 7.89. The Morgan fingerprint density at radius 2 is 1.56 bits per heavy atom. The summed E-state index contributed by atoms with van der Waals surface area (Å²) in [6, 6.07) is 0. The Labute approximate surface area is 92.6 Å². The standard InChI is InChI=1S/C9H11NO5S/c1-16(13,14)10-8(11)6-4-2-3-5(15-4)7(6)9(10)12/h4-7H,2-3H2,1H3/t4-,5-,6-,7-/m0/s1. The zero-order valence-electron chi connectivity index (χ0n) is 8.62. The average molecular weight is 245 g/mol. The van der Waals surface area contributed by atoms with Crippen molar-refractivity contribution in [2.45, 2.75) is 25.0 Å². The largest absolute Gasteiger partial charge is 0.373 e. The van der Waals surface area contributed by atoms with Crippen molar-refractivity contribution < 1.29 is 22.7 Å². The van der Waals surface area contributed by atoms with Crippen molar-refractivity contribution in [3.8, 4) is 0 Å². The van der Waals surface area contributed by atoms with Gasteiger partial charge in [-0.15, -0.1) is 0 Å². The van der Waals surface area contributed by atoms with Crippen molar-refractivity contribution in [1.82, 2.24) is 4.31 Å². The summed E-state index contributed by atoms with van der Waals surface area (Å²) in [6.45, 7) is 0. The van der Waals surface area contributed by atoms with Crippen LogP contribution in [0.4, 0.5) is 0 Å². The lowest BCUT2D eigenvalue weighted by Gasteiger charge is -2.14. The Bertz CT molecular complexity index is 456. The van der Waals surface area contributed by atoms with Crippen LogP contribution in [0.15, 0.2) is 0 Å². The highest BCUT2D eigenvalue weighted by Gasteiger charge is 2.64. The molecule has 0 aromatic rings. The Kier molecular flexibility index (Phi) is 1.81. The molecule has 3 aliphatic heterocycles. The van der Waals surface area contributed by atoms with Gasteiger partial charge in [-0.3, -0.25) is 9.59 Å². The van der Waals surface area contributed by atoms with E-state index in [9.17, 15) is 18.0 Å². The number of hydrogen-bond donors (Lipinski definition) is 0. The number of sulfonamides is 1. The maximum Gasteiger partial charge on any atom is 0.249 e. The second-order valence-electron chi connectivity index (χ2n) is 4.55. The number of rotatable bonds is 1. The zero-order chi connectivity index (χ0) is 11.7. The molecule has 3 aliphatic rings. The normalized spacial score (nSPS) is 41.9. The van der Waals surface area contributed by atoms with Crippen molar-refractivity contribution in [2.24, 2.45) is 11.8 Å². The summed E-state index contributed by atoms with van der Waals surface area (Å²) in [5, 5.41) is 0. The third kappa shape index (κ3) is 1.07. The van der Waals surface area contributed by atoms with Crippen LogP contribution in [-0.2, 0) is 24.3 Å². The van der Waals surface area contributed by atoms with Crippen LogP contribution in [0.3, 0.4) is 0 Å². The fraction of sp³-hybridized carbons (Fsp3) is 0.778. The minimum absolute atomic E-state index is 0.266. The van der Waals surface area contributed by atoms with Gasteiger partial charge in [-0.1, -0.05) is 0 Å². The van der Waals surface area contributed by atoms with Crippen LogP contribution in [0.5, 0.6) is 0 Å². The van der Waals surface area contributed by atoms with Gasteiger partial charge in [0.05, 0.1) is 30.3 Å². The number of carbonyl (C=O) groups is 2. The summed E-state index contributed by atoms with van der Waals surface area (Å²) in [5.74, 6) is -2.35. The van der Waals surface area contributed by atoms with Gasteiger partial charge >= 0.3 is 0 Å². The number of imide groups is 1. The smallest absolute Gasteiger partial charge is 0.249 e. The van der Waals surface area contributed by atoms with E-state index in [0.717, 1.165) is 19.1 Å². The molecule has 7 heteroatoms. The van der Waals surface area contributed by atoms with Crippen LogP contribution in [0, 0.1) is 11.8 Å². The molecule has 2 bridgehead atoms. The second kappa shape index (κ2) is 2.84. The first-order valence-corrected chi connectivity index (χ1v) is 6.99. The van der Waals surface area contributed by atoms with E-state index >= 15 is 0 Å². The Morgan fingerprint density at radius 3 is 1.94 bits per heavy atom. The highest BCUT2D eigenvalue weighted by Crippen LogP contribution is 2.48. The average Bonchev–Trinajstić information content (AvgIpc) is 2.77. The molecule has 0 saturated carbocycles. The summed E-state index contributed by atoms with van der Waals surface area (Å²) in [4.78, 5) is 23.8. The summed E-state index contributed by atoms with van der Waals surface area (Å²) < 4.78 is 28.6. The monoisotopic (exact) mass is 245 g/mol. The molecule has 0 radical (unpaired) electrons. The van der Waals surface area contributed by atoms with Gasteiger partial charge in [0.15, 0.2) is 0 Å². The lowest BCUT2D eigenvalue weighted by atomic mass is 9.81. The van der Waals surface area contributed by atoms with Crippen LogP contribution < -0.4 is 0 Å². The van der Waals surface area contributed by atoms with Crippen LogP contribution >= 0.6 is 0 Å². The van der Waals surface area contributed by atoms with Crippen LogP contribution in [0.2, 0.25) is 0 Å². The first-order chi connectivity index (χ1) is 7.41. The predicted molar refractivity (Wildman–Crippen MR) is 51.6 cm³/mol. The second-order valence-corrected chi connectivity index (χ2v) is 6.38. The molecule has 3 heterocycles. The summed E-state index contributed by atoms with van der Waals surface area (Å²) in [6.07, 6.45) is 1.83. The maximum absolute atomic E-state index is 11.9. The van der Waals surface area contributed by atoms with E-state index in [2.05, 4.69) is 0 Å². The third-order valence-corrected chi connectivity index (χ3v) is 4.60. The molecule has 3 rings (SSSR count). The first-order valence-electron chi connectivity index (χ1n) is 5.14. The number of hydrogen-bond acceptors (Lipinski definition) is 5. The molecule has 6 nitrogen and oxygen atoms in total. The van der Waals surface area contributed by atoms with E-state index in [1.165, 1.54) is 0 Å². The molecule has 0 unspecified atom stereocenters. The molecule has 0 aromatic heterocycles. The van der Waals surface area contributed by atoms with Gasteiger partial charge in [0.2, 0.25) is 21.8 Å². The number of carbonyl (C=O) groups excluding carboxylic acids is 2. The molecule has 0 aromatic carbocycles. The van der Waals surface area contributed by atoms with Gasteiger partial charge in [-0.05, 0) is 12.8 Å². The van der Waals surface area contributed by atoms with Gasteiger partial charge in [0.1, 0.15) is 0 Å². The molecular weight excluding hydrogens is 234 g/mol. The van der Waals surface area contributed by atoms with Gasteiger partial charge in [-0.25, -0.2) is 8.42 Å². The van der Waals surface area contributed by atoms with Crippen LogP contribution in [0.1, 0.15) is 12.8 Å². The fourth-order valence-corrected chi connectivity index (χ4v) is 3.91. The minimum atomic E-state index is -3.78. The van der Waals surface area contributed by atoms with E-state index in [1.54, 1.807) is 0 Å². The van der Waals surface area contributed by atoms with Crippen molar-refractivity contribution in [3.05, 3.63) is 0 Å². The predicted octanol–water partition coefficient (Wildman–Crippen LogP) is -0.892. The van der Waals surface area contributed by atoms with Gasteiger partial charge in [0.25, 0.3) is 0 Å². The first kappa shape index (κ1) is 10.2. The van der Waals surface area contributed by atoms with Gasteiger partial charge in [-0.2, -0.15) is 4.31 Å². The maximum atomic E-state index is 11.9. The summed E-state index contributed by atoms with van der Waals surface area (Å²) in [7, 11) is -3.78. The van der Waals surface area contributed by atoms with Gasteiger partial charge < -0.3 is 4.74 Å². The van der Waals surface area contributed by atoms with E-state index < -0.39 is 33.7 Å². The zero-order valence-corrected chi connectivity index (χ0v) is 9.44. The molecule has 0 N–H and O–H groups in total. The van der Waals surface area contributed by atoms with Crippen molar-refractivity contribution in [1.29, 1.82) is 0 Å². The molecule has 2 amide bonds. The molecule has 3 saturated heterocycles. The Morgan fingerprint density at radius 1 is 1.12 bits per heavy atom. The summed E-state index contributed by atoms with van der Waals surface area (Å²) in [5.41, 5.74) is 0. The summed E-state index contributed by atoms with van der Waals surface area (Å²) >= 11 is 0. The van der Waals surface area contributed by atoms with E-state index in [-0.39, 0.29) is 12.2 Å². The number of nitrogens with zero attached hydrogens (tertiary/aromatic N) is 1. The lowest BCUT2D eigenvalue weighted by Crippen LogP contribution is -2.38. The SMILES string of the molecule is CS(=O)(=O)N1C(=O)[C@@H]2[C@@H](C1=O)[C@@H]1CC[C@@H]2O1. The number of amides is 2. The molecule has 4 atom stereocenters. The van der Waals surface area contributed by atoms with Crippen molar-refractivity contribution >= 4 is 21.8 Å². The van der Waals surface area contributed by atoms with E-state index in [0.29, 0.717) is 4.31 Å². The van der Waals surface area contributed by atoms with Crippen LogP contribution in [-0.4, -0.2) is 43.0 Å². The van der Waals surface area contributed by atoms with E-state index in [1.807, 2.05) is 0 Å². The highest BCUT2D eigenvalue weighted by atomic mass is 32.2. The fourth-order valence-electron chi connectivity index (χ4n) is 3.01. The molecule has 3 fully saturated rings. The molecular formula is C9H11NO5S.